The summed E-state index contributed by atoms with van der Waals surface area (Å²) < 4.78 is 0. The molecule has 3 fully saturated rings. The van der Waals surface area contributed by atoms with E-state index in [1.54, 1.807) is 0 Å². The Morgan fingerprint density at radius 2 is 1.32 bits per heavy atom. The lowest BCUT2D eigenvalue weighted by Crippen LogP contribution is -2.49. The van der Waals surface area contributed by atoms with E-state index in [1.807, 2.05) is 30.3 Å². The van der Waals surface area contributed by atoms with Gasteiger partial charge in [-0.15, -0.1) is 0 Å². The largest absolute Gasteiger partial charge is 0.481 e. The van der Waals surface area contributed by atoms with Gasteiger partial charge in [-0.3, -0.25) is 9.59 Å². The minimum Gasteiger partial charge on any atom is -0.481 e. The molecule has 0 unspecified atom stereocenters. The van der Waals surface area contributed by atoms with Gasteiger partial charge < -0.3 is 5.11 Å². The third-order valence-electron chi connectivity index (χ3n) is 5.22. The predicted molar refractivity (Wildman–Crippen MR) is 71.0 cm³/mol. The monoisotopic (exact) mass is 258 g/mol. The van der Waals surface area contributed by atoms with Gasteiger partial charge in [-0.1, -0.05) is 30.3 Å². The lowest BCUT2D eigenvalue weighted by molar-refractivity contribution is -0.157. The highest BCUT2D eigenvalue weighted by Crippen LogP contribution is 2.58. The standard InChI is InChI=1S/C16H18O3/c17-13(12-4-2-1-3-5-12)15-6-9-16(10-7-15,11-8-15)14(18)19/h1-5H,6-11H2,(H,18,19). The maximum Gasteiger partial charge on any atom is 0.309 e. The first-order valence-electron chi connectivity index (χ1n) is 6.91. The molecule has 3 aliphatic rings. The van der Waals surface area contributed by atoms with Gasteiger partial charge in [0.1, 0.15) is 0 Å². The Morgan fingerprint density at radius 1 is 0.842 bits per heavy atom. The summed E-state index contributed by atoms with van der Waals surface area (Å²) in [5.74, 6) is -0.459. The Bertz CT molecular complexity index is 494. The summed E-state index contributed by atoms with van der Waals surface area (Å²) >= 11 is 0. The number of carbonyl (C=O) groups is 2. The smallest absolute Gasteiger partial charge is 0.309 e. The molecule has 3 heteroatoms. The summed E-state index contributed by atoms with van der Waals surface area (Å²) in [5, 5.41) is 9.37. The molecule has 1 aromatic rings. The van der Waals surface area contributed by atoms with Gasteiger partial charge in [0.25, 0.3) is 0 Å². The number of aliphatic carboxylic acids is 1. The van der Waals surface area contributed by atoms with E-state index in [9.17, 15) is 14.7 Å². The van der Waals surface area contributed by atoms with E-state index in [1.165, 1.54) is 0 Å². The number of carbonyl (C=O) groups excluding carboxylic acids is 1. The van der Waals surface area contributed by atoms with Crippen LogP contribution in [0.3, 0.4) is 0 Å². The van der Waals surface area contributed by atoms with E-state index in [2.05, 4.69) is 0 Å². The highest BCUT2D eigenvalue weighted by molar-refractivity contribution is 6.01. The first kappa shape index (κ1) is 12.4. The van der Waals surface area contributed by atoms with E-state index >= 15 is 0 Å². The highest BCUT2D eigenvalue weighted by atomic mass is 16.4. The fraction of sp³-hybridized carbons (Fsp3) is 0.500. The zero-order chi connectivity index (χ0) is 13.5. The molecule has 19 heavy (non-hydrogen) atoms. The Hall–Kier alpha value is -1.64. The average molecular weight is 258 g/mol. The Morgan fingerprint density at radius 3 is 1.79 bits per heavy atom. The molecule has 100 valence electrons. The van der Waals surface area contributed by atoms with Gasteiger partial charge in [-0.05, 0) is 38.5 Å². The van der Waals surface area contributed by atoms with Gasteiger partial charge in [0.15, 0.2) is 5.78 Å². The molecule has 3 saturated carbocycles. The van der Waals surface area contributed by atoms with Gasteiger partial charge in [0.05, 0.1) is 5.41 Å². The van der Waals surface area contributed by atoms with Crippen molar-refractivity contribution in [1.29, 1.82) is 0 Å². The molecular formula is C16H18O3. The lowest BCUT2D eigenvalue weighted by atomic mass is 9.52. The second-order valence-corrected chi connectivity index (χ2v) is 6.06. The van der Waals surface area contributed by atoms with E-state index in [4.69, 9.17) is 0 Å². The summed E-state index contributed by atoms with van der Waals surface area (Å²) in [4.78, 5) is 24.1. The summed E-state index contributed by atoms with van der Waals surface area (Å²) in [6.45, 7) is 0. The molecule has 0 amide bonds. The van der Waals surface area contributed by atoms with Crippen LogP contribution in [-0.2, 0) is 4.79 Å². The van der Waals surface area contributed by atoms with Crippen LogP contribution in [0, 0.1) is 10.8 Å². The zero-order valence-electron chi connectivity index (χ0n) is 10.9. The zero-order valence-corrected chi connectivity index (χ0v) is 10.9. The molecule has 2 bridgehead atoms. The number of fused-ring (bicyclic) bond motifs is 3. The molecule has 3 aliphatic carbocycles. The second kappa shape index (κ2) is 4.19. The normalized spacial score (nSPS) is 33.1. The number of carboxylic acid groups (broad SMARTS) is 1. The van der Waals surface area contributed by atoms with Crippen molar-refractivity contribution in [2.45, 2.75) is 38.5 Å². The second-order valence-electron chi connectivity index (χ2n) is 6.06. The minimum absolute atomic E-state index is 0.215. The maximum absolute atomic E-state index is 12.7. The van der Waals surface area contributed by atoms with Crippen LogP contribution >= 0.6 is 0 Å². The molecule has 0 saturated heterocycles. The number of Topliss-reactive ketones (excluding diaryl/α,β-unsaturated/α-hetero) is 1. The lowest BCUT2D eigenvalue weighted by Gasteiger charge is -2.50. The van der Waals surface area contributed by atoms with Crippen LogP contribution in [0.15, 0.2) is 30.3 Å². The van der Waals surface area contributed by atoms with E-state index < -0.39 is 11.4 Å². The number of carboxylic acids is 1. The molecule has 0 atom stereocenters. The number of hydrogen-bond acceptors (Lipinski definition) is 2. The molecule has 1 N–H and O–H groups in total. The summed E-state index contributed by atoms with van der Waals surface area (Å²) in [5.41, 5.74) is -0.0655. The van der Waals surface area contributed by atoms with Crippen LogP contribution in [0.5, 0.6) is 0 Å². The summed E-state index contributed by atoms with van der Waals surface area (Å²) in [6.07, 6.45) is 4.15. The molecule has 1 aromatic carbocycles. The van der Waals surface area contributed by atoms with Gasteiger partial charge in [-0.2, -0.15) is 0 Å². The van der Waals surface area contributed by atoms with Crippen molar-refractivity contribution in [2.24, 2.45) is 10.8 Å². The van der Waals surface area contributed by atoms with Gasteiger partial charge >= 0.3 is 5.97 Å². The summed E-state index contributed by atoms with van der Waals surface area (Å²) in [7, 11) is 0. The topological polar surface area (TPSA) is 54.4 Å². The third-order valence-corrected chi connectivity index (χ3v) is 5.22. The van der Waals surface area contributed by atoms with Gasteiger partial charge in [-0.25, -0.2) is 0 Å². The number of benzene rings is 1. The van der Waals surface area contributed by atoms with E-state index in [0.29, 0.717) is 19.3 Å². The highest BCUT2D eigenvalue weighted by Gasteiger charge is 2.55. The number of hydrogen-bond donors (Lipinski definition) is 1. The molecule has 3 nitrogen and oxygen atoms in total. The van der Waals surface area contributed by atoms with Gasteiger partial charge in [0.2, 0.25) is 0 Å². The van der Waals surface area contributed by atoms with Crippen molar-refractivity contribution in [3.63, 3.8) is 0 Å². The first-order valence-corrected chi connectivity index (χ1v) is 6.91. The SMILES string of the molecule is O=C(O)C12CCC(C(=O)c3ccccc3)(CC1)CC2. The van der Waals surface area contributed by atoms with Crippen LogP contribution in [0.2, 0.25) is 0 Å². The molecular weight excluding hydrogens is 240 g/mol. The summed E-state index contributed by atoms with van der Waals surface area (Å²) in [6, 6.07) is 9.41. The van der Waals surface area contributed by atoms with Crippen molar-refractivity contribution in [2.75, 3.05) is 0 Å². The third kappa shape index (κ3) is 1.79. The van der Waals surface area contributed by atoms with Crippen molar-refractivity contribution >= 4 is 11.8 Å². The average Bonchev–Trinajstić information content (AvgIpc) is 2.49. The fourth-order valence-electron chi connectivity index (χ4n) is 3.74. The van der Waals surface area contributed by atoms with E-state index in [-0.39, 0.29) is 11.2 Å². The molecule has 0 aromatic heterocycles. The molecule has 0 radical (unpaired) electrons. The van der Waals surface area contributed by atoms with Crippen LogP contribution in [0.1, 0.15) is 48.9 Å². The molecule has 0 aliphatic heterocycles. The Labute approximate surface area is 112 Å². The Kier molecular flexibility index (Phi) is 2.73. The van der Waals surface area contributed by atoms with Crippen molar-refractivity contribution in [3.8, 4) is 0 Å². The van der Waals surface area contributed by atoms with E-state index in [0.717, 1.165) is 24.8 Å². The fourth-order valence-corrected chi connectivity index (χ4v) is 3.74. The van der Waals surface area contributed by atoms with Crippen molar-refractivity contribution < 1.29 is 14.7 Å². The van der Waals surface area contributed by atoms with Crippen molar-refractivity contribution in [3.05, 3.63) is 35.9 Å². The predicted octanol–water partition coefficient (Wildman–Crippen LogP) is 3.29. The van der Waals surface area contributed by atoms with Crippen LogP contribution in [0.4, 0.5) is 0 Å². The number of rotatable bonds is 3. The van der Waals surface area contributed by atoms with Crippen molar-refractivity contribution in [1.82, 2.24) is 0 Å². The molecule has 0 spiro atoms. The molecule has 0 heterocycles. The van der Waals surface area contributed by atoms with Gasteiger partial charge in [0, 0.05) is 11.0 Å². The first-order chi connectivity index (χ1) is 9.08. The van der Waals surface area contributed by atoms with Crippen LogP contribution in [-0.4, -0.2) is 16.9 Å². The van der Waals surface area contributed by atoms with Crippen LogP contribution in [0.25, 0.3) is 0 Å². The quantitative estimate of drug-likeness (QED) is 0.846. The van der Waals surface area contributed by atoms with Crippen LogP contribution < -0.4 is 0 Å². The molecule has 4 rings (SSSR count). The number of ketones is 1. The minimum atomic E-state index is -0.673. The Balaban J connectivity index is 1.85. The maximum atomic E-state index is 12.7.